The van der Waals surface area contributed by atoms with Gasteiger partial charge in [0.25, 0.3) is 0 Å². The van der Waals surface area contributed by atoms with Gasteiger partial charge in [0.05, 0.1) is 11.4 Å². The molecule has 0 N–H and O–H groups in total. The van der Waals surface area contributed by atoms with E-state index in [9.17, 15) is 4.39 Å². The summed E-state index contributed by atoms with van der Waals surface area (Å²) < 4.78 is 15.5. The van der Waals surface area contributed by atoms with E-state index in [0.29, 0.717) is 5.41 Å². The molecule has 3 aliphatic rings. The zero-order valence-electron chi connectivity index (χ0n) is 14.8. The van der Waals surface area contributed by atoms with E-state index in [2.05, 4.69) is 16.0 Å². The van der Waals surface area contributed by atoms with Crippen LogP contribution in [0, 0.1) is 23.6 Å². The van der Waals surface area contributed by atoms with Crippen molar-refractivity contribution in [3.63, 3.8) is 0 Å². The van der Waals surface area contributed by atoms with Gasteiger partial charge in [-0.2, -0.15) is 0 Å². The van der Waals surface area contributed by atoms with Crippen LogP contribution in [0.5, 0.6) is 0 Å². The number of halogens is 1. The number of aromatic nitrogens is 2. The van der Waals surface area contributed by atoms with Gasteiger partial charge in [-0.3, -0.25) is 4.40 Å². The van der Waals surface area contributed by atoms with E-state index < -0.39 is 0 Å². The van der Waals surface area contributed by atoms with Crippen LogP contribution in [0.4, 0.5) is 4.39 Å². The van der Waals surface area contributed by atoms with E-state index in [1.165, 1.54) is 50.6 Å². The molecule has 2 nitrogen and oxygen atoms in total. The minimum atomic E-state index is -0.184. The van der Waals surface area contributed by atoms with Gasteiger partial charge in [0.15, 0.2) is 4.96 Å². The molecule has 26 heavy (non-hydrogen) atoms. The second kappa shape index (κ2) is 5.41. The fourth-order valence-electron chi connectivity index (χ4n) is 6.33. The van der Waals surface area contributed by atoms with Crippen molar-refractivity contribution in [1.82, 2.24) is 9.38 Å². The highest BCUT2D eigenvalue weighted by molar-refractivity contribution is 7.15. The highest BCUT2D eigenvalue weighted by Gasteiger charge is 2.53. The number of rotatable bonds is 2. The first kappa shape index (κ1) is 15.4. The molecule has 2 heterocycles. The summed E-state index contributed by atoms with van der Waals surface area (Å²) in [5.41, 5.74) is 3.84. The topological polar surface area (TPSA) is 17.3 Å². The zero-order chi connectivity index (χ0) is 17.3. The monoisotopic (exact) mass is 366 g/mol. The fourth-order valence-corrected chi connectivity index (χ4v) is 7.22. The van der Waals surface area contributed by atoms with Gasteiger partial charge in [-0.15, -0.1) is 11.3 Å². The Kier molecular flexibility index (Phi) is 3.20. The highest BCUT2D eigenvalue weighted by Crippen LogP contribution is 2.60. The number of thiazole rings is 1. The van der Waals surface area contributed by atoms with Gasteiger partial charge in [-0.05, 0) is 73.3 Å². The molecular formula is C22H23FN2S. The number of fused-ring (bicyclic) bond motifs is 3. The molecule has 1 aromatic carbocycles. The summed E-state index contributed by atoms with van der Waals surface area (Å²) in [5, 5.41) is 2.14. The van der Waals surface area contributed by atoms with Crippen molar-refractivity contribution in [2.75, 3.05) is 0 Å². The number of nitrogens with zero attached hydrogens (tertiary/aromatic N) is 2. The van der Waals surface area contributed by atoms with E-state index in [0.717, 1.165) is 34.0 Å². The Morgan fingerprint density at radius 2 is 1.92 bits per heavy atom. The first-order valence-corrected chi connectivity index (χ1v) is 10.8. The minimum absolute atomic E-state index is 0.184. The molecule has 2 aromatic heterocycles. The predicted octanol–water partition coefficient (Wildman–Crippen LogP) is 6.06. The van der Waals surface area contributed by atoms with Crippen LogP contribution >= 0.6 is 11.3 Å². The molecule has 0 radical (unpaired) electrons. The molecule has 4 heteroatoms. The fraction of sp³-hybridized carbons (Fsp3) is 0.500. The lowest BCUT2D eigenvalue weighted by Gasteiger charge is -2.36. The summed E-state index contributed by atoms with van der Waals surface area (Å²) in [7, 11) is 0. The van der Waals surface area contributed by atoms with Crippen molar-refractivity contribution in [3.05, 3.63) is 47.4 Å². The summed E-state index contributed by atoms with van der Waals surface area (Å²) in [5.74, 6) is 2.60. The first-order chi connectivity index (χ1) is 12.7. The molecule has 0 aliphatic heterocycles. The standard InChI is InChI=1S/C22H23FN2S/c23-18-6-4-15(5-7-18)19-13-26-21-24-20(12-25(19)21)22-9-14-2-1-3-16(10-22)17(8-14)11-22/h4-7,12-14,16-17H,1-3,8-11H2. The summed E-state index contributed by atoms with van der Waals surface area (Å²) >= 11 is 1.70. The maximum absolute atomic E-state index is 13.3. The summed E-state index contributed by atoms with van der Waals surface area (Å²) in [6.45, 7) is 0. The second-order valence-corrected chi connectivity index (χ2v) is 9.69. The van der Waals surface area contributed by atoms with Crippen LogP contribution in [0.3, 0.4) is 0 Å². The van der Waals surface area contributed by atoms with Gasteiger partial charge in [0.2, 0.25) is 0 Å². The van der Waals surface area contributed by atoms with E-state index in [4.69, 9.17) is 4.98 Å². The van der Waals surface area contributed by atoms with Crippen molar-refractivity contribution in [3.8, 4) is 11.3 Å². The second-order valence-electron chi connectivity index (χ2n) is 8.85. The van der Waals surface area contributed by atoms with Crippen molar-refractivity contribution < 1.29 is 4.39 Å². The lowest BCUT2D eigenvalue weighted by atomic mass is 9.68. The molecular weight excluding hydrogens is 343 g/mol. The molecule has 4 atom stereocenters. The predicted molar refractivity (Wildman–Crippen MR) is 103 cm³/mol. The molecule has 3 aliphatic carbocycles. The third-order valence-electron chi connectivity index (χ3n) is 7.37. The van der Waals surface area contributed by atoms with Crippen LogP contribution in [0.1, 0.15) is 50.6 Å². The van der Waals surface area contributed by atoms with Crippen LogP contribution < -0.4 is 0 Å². The quantitative estimate of drug-likeness (QED) is 0.539. The highest BCUT2D eigenvalue weighted by atomic mass is 32.1. The number of hydrogen-bond acceptors (Lipinski definition) is 2. The molecule has 0 amide bonds. The summed E-state index contributed by atoms with van der Waals surface area (Å²) in [4.78, 5) is 6.18. The minimum Gasteiger partial charge on any atom is -0.290 e. The van der Waals surface area contributed by atoms with Crippen molar-refractivity contribution in [1.29, 1.82) is 0 Å². The van der Waals surface area contributed by atoms with Gasteiger partial charge < -0.3 is 0 Å². The SMILES string of the molecule is Fc1ccc(-c2csc3nc(C45CC6CCCC(C4)C(C6)C5)cn23)cc1. The average Bonchev–Trinajstić information content (AvgIpc) is 3.25. The van der Waals surface area contributed by atoms with Crippen LogP contribution in [0.15, 0.2) is 35.8 Å². The zero-order valence-corrected chi connectivity index (χ0v) is 15.6. The van der Waals surface area contributed by atoms with Gasteiger partial charge in [0, 0.05) is 17.0 Å². The third kappa shape index (κ3) is 2.17. The third-order valence-corrected chi connectivity index (χ3v) is 8.21. The van der Waals surface area contributed by atoms with Crippen LogP contribution in [0.2, 0.25) is 0 Å². The number of benzene rings is 1. The molecule has 6 rings (SSSR count). The average molecular weight is 367 g/mol. The van der Waals surface area contributed by atoms with Crippen molar-refractivity contribution >= 4 is 16.3 Å². The number of hydrogen-bond donors (Lipinski definition) is 0. The normalized spacial score (nSPS) is 33.0. The van der Waals surface area contributed by atoms with E-state index >= 15 is 0 Å². The smallest absolute Gasteiger partial charge is 0.194 e. The Labute approximate surface area is 157 Å². The Balaban J connectivity index is 1.43. The Morgan fingerprint density at radius 3 is 2.81 bits per heavy atom. The van der Waals surface area contributed by atoms with E-state index in [1.807, 2.05) is 12.1 Å². The lowest BCUT2D eigenvalue weighted by Crippen LogP contribution is -2.31. The molecule has 0 saturated heterocycles. The number of imidazole rings is 1. The Hall–Kier alpha value is -1.68. The van der Waals surface area contributed by atoms with Crippen LogP contribution in [-0.4, -0.2) is 9.38 Å². The molecule has 0 spiro atoms. The summed E-state index contributed by atoms with van der Waals surface area (Å²) in [6.07, 6.45) is 12.1. The van der Waals surface area contributed by atoms with Gasteiger partial charge >= 0.3 is 0 Å². The Bertz CT molecular complexity index is 968. The van der Waals surface area contributed by atoms with E-state index in [1.54, 1.807) is 23.5 Å². The molecule has 3 saturated carbocycles. The maximum atomic E-state index is 13.3. The largest absolute Gasteiger partial charge is 0.290 e. The van der Waals surface area contributed by atoms with Gasteiger partial charge in [-0.1, -0.05) is 19.3 Å². The maximum Gasteiger partial charge on any atom is 0.194 e. The molecule has 4 unspecified atom stereocenters. The molecule has 3 bridgehead atoms. The molecule has 3 fully saturated rings. The summed E-state index contributed by atoms with van der Waals surface area (Å²) in [6, 6.07) is 6.81. The van der Waals surface area contributed by atoms with Crippen molar-refractivity contribution in [2.45, 2.75) is 50.4 Å². The molecule has 3 aromatic rings. The van der Waals surface area contributed by atoms with Crippen molar-refractivity contribution in [2.24, 2.45) is 17.8 Å². The van der Waals surface area contributed by atoms with Gasteiger partial charge in [-0.25, -0.2) is 9.37 Å². The van der Waals surface area contributed by atoms with E-state index in [-0.39, 0.29) is 5.82 Å². The van der Waals surface area contributed by atoms with Crippen LogP contribution in [0.25, 0.3) is 16.2 Å². The lowest BCUT2D eigenvalue weighted by molar-refractivity contribution is 0.215. The Morgan fingerprint density at radius 1 is 1.08 bits per heavy atom. The first-order valence-electron chi connectivity index (χ1n) is 9.93. The van der Waals surface area contributed by atoms with Crippen LogP contribution in [-0.2, 0) is 5.41 Å². The van der Waals surface area contributed by atoms with Gasteiger partial charge in [0.1, 0.15) is 5.82 Å². The molecule has 134 valence electrons.